The van der Waals surface area contributed by atoms with Crippen LogP contribution in [0.25, 0.3) is 43.8 Å². The van der Waals surface area contributed by atoms with Crippen molar-refractivity contribution < 1.29 is 66.2 Å². The van der Waals surface area contributed by atoms with Crippen molar-refractivity contribution >= 4 is 21.5 Å². The van der Waals surface area contributed by atoms with Gasteiger partial charge in [0.15, 0.2) is 52.3 Å². The molecule has 0 heterocycles. The van der Waals surface area contributed by atoms with Gasteiger partial charge in [-0.1, -0.05) is 6.07 Å². The summed E-state index contributed by atoms with van der Waals surface area (Å²) < 4.78 is 207. The van der Waals surface area contributed by atoms with Gasteiger partial charge >= 0.3 is 6.18 Å². The molecule has 0 aliphatic carbocycles. The van der Waals surface area contributed by atoms with E-state index in [0.29, 0.717) is 25.3 Å². The first-order valence-electron chi connectivity index (χ1n) is 11.4. The van der Waals surface area contributed by atoms with Gasteiger partial charge < -0.3 is 4.74 Å². The molecular formula is C28H8F14O. The molecule has 5 rings (SSSR count). The molecule has 0 fully saturated rings. The van der Waals surface area contributed by atoms with Gasteiger partial charge in [-0.2, -0.15) is 22.0 Å². The molecule has 0 radical (unpaired) electrons. The molecule has 0 saturated heterocycles. The predicted molar refractivity (Wildman–Crippen MR) is 123 cm³/mol. The summed E-state index contributed by atoms with van der Waals surface area (Å²) in [4.78, 5) is 0. The summed E-state index contributed by atoms with van der Waals surface area (Å²) in [5.41, 5.74) is -8.97. The van der Waals surface area contributed by atoms with Crippen molar-refractivity contribution in [1.29, 1.82) is 0 Å². The maximum atomic E-state index is 15.3. The first kappa shape index (κ1) is 29.9. The Bertz CT molecular complexity index is 1960. The van der Waals surface area contributed by atoms with E-state index in [1.165, 1.54) is 0 Å². The molecule has 0 N–H and O–H groups in total. The summed E-state index contributed by atoms with van der Waals surface area (Å²) in [7, 11) is 0.637. The molecule has 5 aromatic carbocycles. The van der Waals surface area contributed by atoms with Gasteiger partial charge in [0.1, 0.15) is 11.4 Å². The van der Waals surface area contributed by atoms with Gasteiger partial charge in [0.05, 0.1) is 18.2 Å². The lowest BCUT2D eigenvalue weighted by Crippen LogP contribution is -2.16. The number of fused-ring (bicyclic) bond motifs is 2. The van der Waals surface area contributed by atoms with E-state index in [-0.39, 0.29) is 12.1 Å². The molecule has 0 amide bonds. The molecule has 5 aromatic rings. The fraction of sp³-hybridized carbons (Fsp3) is 0.0714. The van der Waals surface area contributed by atoms with E-state index in [1.54, 1.807) is 0 Å². The zero-order valence-electron chi connectivity index (χ0n) is 20.6. The van der Waals surface area contributed by atoms with Crippen LogP contribution < -0.4 is 4.74 Å². The van der Waals surface area contributed by atoms with Crippen LogP contribution in [0.4, 0.5) is 61.5 Å². The van der Waals surface area contributed by atoms with Crippen molar-refractivity contribution in [1.82, 2.24) is 0 Å². The molecular weight excluding hydrogens is 618 g/mol. The van der Waals surface area contributed by atoms with Crippen LogP contribution in [0.1, 0.15) is 5.56 Å². The summed E-state index contributed by atoms with van der Waals surface area (Å²) in [5.74, 6) is -26.6. The van der Waals surface area contributed by atoms with E-state index < -0.39 is 125 Å². The smallest absolute Gasteiger partial charge is 0.422 e. The van der Waals surface area contributed by atoms with E-state index >= 15 is 17.6 Å². The van der Waals surface area contributed by atoms with Crippen LogP contribution >= 0.6 is 0 Å². The largest absolute Gasteiger partial charge is 0.491 e. The van der Waals surface area contributed by atoms with Crippen LogP contribution in [0, 0.1) is 64.0 Å². The molecule has 0 bridgehead atoms. The number of hydrogen-bond donors (Lipinski definition) is 0. The highest BCUT2D eigenvalue weighted by Crippen LogP contribution is 2.49. The Morgan fingerprint density at radius 1 is 0.465 bits per heavy atom. The summed E-state index contributed by atoms with van der Waals surface area (Å²) in [6.45, 7) is 0. The lowest BCUT2D eigenvalue weighted by molar-refractivity contribution is -0.143. The maximum Gasteiger partial charge on any atom is 0.422 e. The van der Waals surface area contributed by atoms with Crippen molar-refractivity contribution in [3.63, 3.8) is 0 Å². The van der Waals surface area contributed by atoms with Gasteiger partial charge in [-0.3, -0.25) is 0 Å². The highest BCUT2D eigenvalue weighted by molar-refractivity contribution is 6.21. The number of methoxy groups -OCH3 is 1. The second-order valence-electron chi connectivity index (χ2n) is 8.92. The molecule has 0 unspecified atom stereocenters. The van der Waals surface area contributed by atoms with Crippen molar-refractivity contribution in [3.8, 4) is 28.0 Å². The van der Waals surface area contributed by atoms with E-state index in [9.17, 15) is 43.9 Å². The Morgan fingerprint density at radius 3 is 1.28 bits per heavy atom. The van der Waals surface area contributed by atoms with Crippen LogP contribution in [-0.2, 0) is 6.18 Å². The third-order valence-corrected chi connectivity index (χ3v) is 6.59. The zero-order valence-corrected chi connectivity index (χ0v) is 20.6. The van der Waals surface area contributed by atoms with Gasteiger partial charge in [-0.05, 0) is 45.8 Å². The quantitative estimate of drug-likeness (QED) is 0.110. The summed E-state index contributed by atoms with van der Waals surface area (Å²) in [5, 5.41) is -3.95. The van der Waals surface area contributed by atoms with Gasteiger partial charge in [-0.25, -0.2) is 39.5 Å². The fourth-order valence-electron chi connectivity index (χ4n) is 4.84. The number of halogens is 14. The van der Waals surface area contributed by atoms with Crippen molar-refractivity contribution in [3.05, 3.63) is 99.9 Å². The van der Waals surface area contributed by atoms with Crippen molar-refractivity contribution in [2.45, 2.75) is 6.18 Å². The normalized spacial score (nSPS) is 12.1. The van der Waals surface area contributed by atoms with Gasteiger partial charge in [0.2, 0.25) is 11.6 Å². The molecule has 0 atom stereocenters. The molecule has 15 heteroatoms. The molecule has 0 aliphatic heterocycles. The number of benzene rings is 5. The molecule has 1 nitrogen and oxygen atoms in total. The topological polar surface area (TPSA) is 9.23 Å². The van der Waals surface area contributed by atoms with Gasteiger partial charge in [0.25, 0.3) is 0 Å². The molecule has 0 aliphatic rings. The van der Waals surface area contributed by atoms with Crippen LogP contribution in [0.5, 0.6) is 5.75 Å². The third-order valence-electron chi connectivity index (χ3n) is 6.59. The van der Waals surface area contributed by atoms with Crippen molar-refractivity contribution in [2.75, 3.05) is 7.11 Å². The van der Waals surface area contributed by atoms with Crippen LogP contribution in [-0.4, -0.2) is 7.11 Å². The third kappa shape index (κ3) is 4.31. The molecule has 0 saturated carbocycles. The predicted octanol–water partition coefficient (Wildman–Crippen LogP) is 9.88. The number of rotatable bonds is 3. The summed E-state index contributed by atoms with van der Waals surface area (Å²) in [6.07, 6.45) is -5.96. The molecule has 224 valence electrons. The average molecular weight is 626 g/mol. The second-order valence-corrected chi connectivity index (χ2v) is 8.92. The Labute approximate surface area is 229 Å². The van der Waals surface area contributed by atoms with Crippen LogP contribution in [0.15, 0.2) is 30.3 Å². The SMILES string of the molecule is COc1c(F)c(F)c(-c2c3cc(F)ccc3c(-c3c(F)c(F)c(C(F)(F)F)c(F)c3F)c3cc(F)c(F)cc23)c(F)c1F. The standard InChI is InChI=1S/C28H8F14O/c1-43-27-25(38)21(34)17(22(35)26(27)39)15-9-4-7(29)2-3-8(9)14(10-5-12(30)13(31)6-11(10)15)16-19(32)23(36)18(28(40,41)42)24(37)20(16)33/h2-6H,1H3. The first-order chi connectivity index (χ1) is 20.0. The highest BCUT2D eigenvalue weighted by atomic mass is 19.4. The lowest BCUT2D eigenvalue weighted by atomic mass is 9.84. The number of alkyl halides is 3. The Morgan fingerprint density at radius 2 is 0.860 bits per heavy atom. The fourth-order valence-corrected chi connectivity index (χ4v) is 4.84. The van der Waals surface area contributed by atoms with Crippen LogP contribution in [0.3, 0.4) is 0 Å². The number of hydrogen-bond acceptors (Lipinski definition) is 1. The zero-order chi connectivity index (χ0) is 31.9. The second kappa shape index (κ2) is 10.0. The number of ether oxygens (including phenoxy) is 1. The molecule has 0 aromatic heterocycles. The van der Waals surface area contributed by atoms with E-state index in [1.807, 2.05) is 0 Å². The van der Waals surface area contributed by atoms with E-state index in [2.05, 4.69) is 4.74 Å². The summed E-state index contributed by atoms with van der Waals surface area (Å²) in [6, 6.07) is 1.60. The monoisotopic (exact) mass is 626 g/mol. The maximum absolute atomic E-state index is 15.3. The summed E-state index contributed by atoms with van der Waals surface area (Å²) >= 11 is 0. The van der Waals surface area contributed by atoms with Gasteiger partial charge in [-0.15, -0.1) is 0 Å². The minimum Gasteiger partial charge on any atom is -0.491 e. The first-order valence-corrected chi connectivity index (χ1v) is 11.4. The Balaban J connectivity index is 2.11. The minimum absolute atomic E-state index is 0.0880. The van der Waals surface area contributed by atoms with E-state index in [0.717, 1.165) is 0 Å². The Kier molecular flexibility index (Phi) is 6.97. The van der Waals surface area contributed by atoms with E-state index in [4.69, 9.17) is 0 Å². The molecule has 43 heavy (non-hydrogen) atoms. The molecule has 0 spiro atoms. The minimum atomic E-state index is -5.96. The lowest BCUT2D eigenvalue weighted by Gasteiger charge is -2.21. The van der Waals surface area contributed by atoms with Gasteiger partial charge in [0, 0.05) is 11.1 Å². The highest BCUT2D eigenvalue weighted by Gasteiger charge is 2.43. The average Bonchev–Trinajstić information content (AvgIpc) is 2.92. The Hall–Kier alpha value is -4.56. The van der Waals surface area contributed by atoms with Crippen LogP contribution in [0.2, 0.25) is 0 Å². The van der Waals surface area contributed by atoms with Crippen molar-refractivity contribution in [2.24, 2.45) is 0 Å².